The van der Waals surface area contributed by atoms with E-state index in [-0.39, 0.29) is 24.2 Å². The standard InChI is InChI=1S/C12H16FNO.ClH/c1-7-5-6-9(13)12(15)10(7)11(14)8-3-2-4-8;/h5-6,8,11,15H,2-4,14H2,1H3;1H/t11-;/m1./s1. The Bertz CT molecular complexity index is 380. The van der Waals surface area contributed by atoms with Crippen molar-refractivity contribution in [2.75, 3.05) is 0 Å². The van der Waals surface area contributed by atoms with Crippen LogP contribution in [0.25, 0.3) is 0 Å². The molecule has 0 amide bonds. The predicted octanol–water partition coefficient (Wildman–Crippen LogP) is 3.06. The van der Waals surface area contributed by atoms with Crippen LogP contribution in [0.4, 0.5) is 4.39 Å². The zero-order valence-corrected chi connectivity index (χ0v) is 10.1. The van der Waals surface area contributed by atoms with E-state index in [1.54, 1.807) is 6.07 Å². The monoisotopic (exact) mass is 245 g/mol. The molecule has 0 spiro atoms. The van der Waals surface area contributed by atoms with Crippen molar-refractivity contribution in [3.8, 4) is 5.75 Å². The molecule has 0 unspecified atom stereocenters. The molecular formula is C12H17ClFNO. The van der Waals surface area contributed by atoms with Gasteiger partial charge in [0, 0.05) is 11.6 Å². The van der Waals surface area contributed by atoms with Crippen LogP contribution in [0, 0.1) is 18.7 Å². The smallest absolute Gasteiger partial charge is 0.165 e. The van der Waals surface area contributed by atoms with Crippen LogP contribution in [-0.2, 0) is 0 Å². The minimum Gasteiger partial charge on any atom is -0.505 e. The minimum absolute atomic E-state index is 0. The first-order valence-corrected chi connectivity index (χ1v) is 5.35. The molecule has 3 N–H and O–H groups in total. The maximum absolute atomic E-state index is 13.2. The number of benzene rings is 1. The van der Waals surface area contributed by atoms with Gasteiger partial charge in [-0.05, 0) is 37.3 Å². The largest absolute Gasteiger partial charge is 0.505 e. The summed E-state index contributed by atoms with van der Waals surface area (Å²) in [5.74, 6) is -0.448. The number of aryl methyl sites for hydroxylation is 1. The molecule has 1 aromatic carbocycles. The molecule has 1 fully saturated rings. The number of nitrogens with two attached hydrogens (primary N) is 1. The van der Waals surface area contributed by atoms with Gasteiger partial charge in [0.1, 0.15) is 0 Å². The molecule has 16 heavy (non-hydrogen) atoms. The number of rotatable bonds is 2. The van der Waals surface area contributed by atoms with Crippen molar-refractivity contribution in [1.29, 1.82) is 0 Å². The summed E-state index contributed by atoms with van der Waals surface area (Å²) in [6, 6.07) is 2.72. The fourth-order valence-corrected chi connectivity index (χ4v) is 2.14. The molecule has 0 aromatic heterocycles. The summed E-state index contributed by atoms with van der Waals surface area (Å²) in [4.78, 5) is 0. The summed E-state index contributed by atoms with van der Waals surface area (Å²) in [5, 5.41) is 9.66. The van der Waals surface area contributed by atoms with Gasteiger partial charge in [0.15, 0.2) is 11.6 Å². The number of phenols is 1. The van der Waals surface area contributed by atoms with Crippen molar-refractivity contribution in [2.45, 2.75) is 32.2 Å². The highest BCUT2D eigenvalue weighted by atomic mass is 35.5. The Morgan fingerprint density at radius 2 is 2.06 bits per heavy atom. The third-order valence-electron chi connectivity index (χ3n) is 3.38. The molecule has 0 saturated heterocycles. The Morgan fingerprint density at radius 1 is 1.44 bits per heavy atom. The van der Waals surface area contributed by atoms with Gasteiger partial charge >= 0.3 is 0 Å². The molecule has 0 bridgehead atoms. The van der Waals surface area contributed by atoms with Gasteiger partial charge in [-0.1, -0.05) is 12.5 Å². The second-order valence-corrected chi connectivity index (χ2v) is 4.34. The number of hydrogen-bond donors (Lipinski definition) is 2. The molecule has 0 radical (unpaired) electrons. The third-order valence-corrected chi connectivity index (χ3v) is 3.38. The molecule has 1 aromatic rings. The molecule has 1 atom stereocenters. The van der Waals surface area contributed by atoms with Gasteiger partial charge in [-0.2, -0.15) is 0 Å². The summed E-state index contributed by atoms with van der Waals surface area (Å²) >= 11 is 0. The first-order chi connectivity index (χ1) is 7.11. The van der Waals surface area contributed by atoms with Crippen molar-refractivity contribution in [2.24, 2.45) is 11.7 Å². The highest BCUT2D eigenvalue weighted by molar-refractivity contribution is 5.85. The van der Waals surface area contributed by atoms with E-state index in [2.05, 4.69) is 0 Å². The zero-order valence-electron chi connectivity index (χ0n) is 9.24. The normalized spacial score (nSPS) is 17.4. The van der Waals surface area contributed by atoms with Gasteiger partial charge in [0.05, 0.1) is 0 Å². The van der Waals surface area contributed by atoms with Crippen LogP contribution in [0.15, 0.2) is 12.1 Å². The van der Waals surface area contributed by atoms with Gasteiger partial charge in [0.2, 0.25) is 0 Å². The minimum atomic E-state index is -0.578. The maximum Gasteiger partial charge on any atom is 0.165 e. The van der Waals surface area contributed by atoms with Gasteiger partial charge in [-0.15, -0.1) is 12.4 Å². The molecule has 2 nitrogen and oxygen atoms in total. The summed E-state index contributed by atoms with van der Waals surface area (Å²) in [6.07, 6.45) is 3.35. The van der Waals surface area contributed by atoms with E-state index in [1.165, 1.54) is 12.5 Å². The van der Waals surface area contributed by atoms with Crippen molar-refractivity contribution in [3.63, 3.8) is 0 Å². The second kappa shape index (κ2) is 5.02. The molecule has 0 aliphatic heterocycles. The van der Waals surface area contributed by atoms with Gasteiger partial charge < -0.3 is 10.8 Å². The second-order valence-electron chi connectivity index (χ2n) is 4.34. The Morgan fingerprint density at radius 3 is 2.56 bits per heavy atom. The Balaban J connectivity index is 0.00000128. The van der Waals surface area contributed by atoms with Crippen LogP contribution in [-0.4, -0.2) is 5.11 Å². The Hall–Kier alpha value is -0.800. The quantitative estimate of drug-likeness (QED) is 0.841. The van der Waals surface area contributed by atoms with Crippen molar-refractivity contribution < 1.29 is 9.50 Å². The van der Waals surface area contributed by atoms with Crippen LogP contribution in [0.5, 0.6) is 5.75 Å². The van der Waals surface area contributed by atoms with E-state index < -0.39 is 5.82 Å². The van der Waals surface area contributed by atoms with E-state index in [9.17, 15) is 9.50 Å². The van der Waals surface area contributed by atoms with Crippen molar-refractivity contribution in [1.82, 2.24) is 0 Å². The summed E-state index contributed by atoms with van der Waals surface area (Å²) in [5.41, 5.74) is 7.50. The zero-order chi connectivity index (χ0) is 11.0. The Labute approximate surface area is 101 Å². The number of phenolic OH excluding ortho intramolecular Hbond substituents is 1. The van der Waals surface area contributed by atoms with Crippen LogP contribution >= 0.6 is 12.4 Å². The number of halogens is 2. The SMILES string of the molecule is Cc1ccc(F)c(O)c1[C@H](N)C1CCC1.Cl. The highest BCUT2D eigenvalue weighted by Crippen LogP contribution is 2.40. The first-order valence-electron chi connectivity index (χ1n) is 5.35. The van der Waals surface area contributed by atoms with E-state index >= 15 is 0 Å². The molecule has 2 rings (SSSR count). The molecule has 1 saturated carbocycles. The molecular weight excluding hydrogens is 229 g/mol. The average molecular weight is 246 g/mol. The molecule has 1 aliphatic carbocycles. The molecule has 0 heterocycles. The van der Waals surface area contributed by atoms with Crippen molar-refractivity contribution in [3.05, 3.63) is 29.1 Å². The lowest BCUT2D eigenvalue weighted by atomic mass is 9.76. The predicted molar refractivity (Wildman–Crippen MR) is 64.3 cm³/mol. The fraction of sp³-hybridized carbons (Fsp3) is 0.500. The third kappa shape index (κ3) is 2.15. The van der Waals surface area contributed by atoms with Gasteiger partial charge in [-0.25, -0.2) is 4.39 Å². The van der Waals surface area contributed by atoms with E-state index in [0.29, 0.717) is 11.5 Å². The fourth-order valence-electron chi connectivity index (χ4n) is 2.14. The lowest BCUT2D eigenvalue weighted by Gasteiger charge is -2.32. The average Bonchev–Trinajstić information content (AvgIpc) is 2.09. The molecule has 4 heteroatoms. The molecule has 1 aliphatic rings. The first kappa shape index (κ1) is 13.3. The van der Waals surface area contributed by atoms with E-state index in [1.807, 2.05) is 6.92 Å². The van der Waals surface area contributed by atoms with E-state index in [4.69, 9.17) is 5.73 Å². The van der Waals surface area contributed by atoms with Crippen LogP contribution in [0.2, 0.25) is 0 Å². The summed E-state index contributed by atoms with van der Waals surface area (Å²) in [7, 11) is 0. The summed E-state index contributed by atoms with van der Waals surface area (Å²) in [6.45, 7) is 1.85. The van der Waals surface area contributed by atoms with E-state index in [0.717, 1.165) is 18.4 Å². The van der Waals surface area contributed by atoms with Gasteiger partial charge in [0.25, 0.3) is 0 Å². The lowest BCUT2D eigenvalue weighted by Crippen LogP contribution is -2.27. The highest BCUT2D eigenvalue weighted by Gasteiger charge is 2.29. The van der Waals surface area contributed by atoms with Crippen LogP contribution < -0.4 is 5.73 Å². The number of aromatic hydroxyl groups is 1. The van der Waals surface area contributed by atoms with Gasteiger partial charge in [-0.3, -0.25) is 0 Å². The maximum atomic E-state index is 13.2. The number of hydrogen-bond acceptors (Lipinski definition) is 2. The topological polar surface area (TPSA) is 46.2 Å². The van der Waals surface area contributed by atoms with Crippen LogP contribution in [0.3, 0.4) is 0 Å². The molecule has 90 valence electrons. The van der Waals surface area contributed by atoms with Crippen molar-refractivity contribution >= 4 is 12.4 Å². The summed E-state index contributed by atoms with van der Waals surface area (Å²) < 4.78 is 13.2. The lowest BCUT2D eigenvalue weighted by molar-refractivity contribution is 0.258. The van der Waals surface area contributed by atoms with Crippen LogP contribution in [0.1, 0.15) is 36.4 Å². The Kier molecular flexibility index (Phi) is 4.16.